The van der Waals surface area contributed by atoms with E-state index in [1.807, 2.05) is 6.07 Å². The highest BCUT2D eigenvalue weighted by Crippen LogP contribution is 2.12. The summed E-state index contributed by atoms with van der Waals surface area (Å²) in [7, 11) is 1.62. The van der Waals surface area contributed by atoms with Crippen LogP contribution < -0.4 is 0 Å². The van der Waals surface area contributed by atoms with Gasteiger partial charge in [-0.2, -0.15) is 5.26 Å². The van der Waals surface area contributed by atoms with Gasteiger partial charge in [0, 0.05) is 17.1 Å². The molecule has 3 nitrogen and oxygen atoms in total. The number of hydrogen-bond donors (Lipinski definition) is 0. The van der Waals surface area contributed by atoms with Crippen LogP contribution in [0.4, 0.5) is 0 Å². The minimum Gasteiger partial charge on any atom is -0.326 e. The molecule has 0 saturated carbocycles. The Labute approximate surface area is 97.4 Å². The summed E-state index contributed by atoms with van der Waals surface area (Å²) >= 11 is 3.30. The lowest BCUT2D eigenvalue weighted by atomic mass is 10.2. The van der Waals surface area contributed by atoms with Crippen molar-refractivity contribution in [3.8, 4) is 6.07 Å². The van der Waals surface area contributed by atoms with Crippen molar-refractivity contribution in [1.82, 2.24) is 4.90 Å². The minimum atomic E-state index is -0.416. The van der Waals surface area contributed by atoms with Crippen molar-refractivity contribution in [3.63, 3.8) is 0 Å². The summed E-state index contributed by atoms with van der Waals surface area (Å²) < 4.78 is 0.926. The van der Waals surface area contributed by atoms with Gasteiger partial charge in [0.25, 0.3) is 5.91 Å². The SMILES string of the molecule is CC(C#N)N(C)C(=O)c1ccc(Br)cc1. The number of carbonyl (C=O) groups excluding carboxylic acids is 1. The maximum Gasteiger partial charge on any atom is 0.254 e. The van der Waals surface area contributed by atoms with Crippen molar-refractivity contribution in [2.75, 3.05) is 7.05 Å². The molecular formula is C11H11BrN2O. The molecule has 0 heterocycles. The quantitative estimate of drug-likeness (QED) is 0.826. The molecule has 0 aliphatic heterocycles. The van der Waals surface area contributed by atoms with Crippen molar-refractivity contribution in [2.45, 2.75) is 13.0 Å². The molecule has 1 amide bonds. The van der Waals surface area contributed by atoms with Gasteiger partial charge in [-0.1, -0.05) is 15.9 Å². The standard InChI is InChI=1S/C11H11BrN2O/c1-8(7-13)14(2)11(15)9-3-5-10(12)6-4-9/h3-6,8H,1-2H3. The molecule has 0 N–H and O–H groups in total. The van der Waals surface area contributed by atoms with E-state index in [1.165, 1.54) is 4.90 Å². The van der Waals surface area contributed by atoms with E-state index in [9.17, 15) is 4.79 Å². The third-order valence-corrected chi connectivity index (χ3v) is 2.71. The number of rotatable bonds is 2. The Kier molecular flexibility index (Phi) is 3.87. The highest BCUT2D eigenvalue weighted by atomic mass is 79.9. The predicted molar refractivity (Wildman–Crippen MR) is 61.3 cm³/mol. The number of halogens is 1. The van der Waals surface area contributed by atoms with E-state index in [-0.39, 0.29) is 5.91 Å². The van der Waals surface area contributed by atoms with Crippen LogP contribution in [-0.2, 0) is 0 Å². The van der Waals surface area contributed by atoms with Crippen LogP contribution >= 0.6 is 15.9 Å². The van der Waals surface area contributed by atoms with Gasteiger partial charge in [0.1, 0.15) is 6.04 Å². The molecule has 1 aromatic rings. The van der Waals surface area contributed by atoms with E-state index >= 15 is 0 Å². The van der Waals surface area contributed by atoms with Crippen molar-refractivity contribution in [2.24, 2.45) is 0 Å². The first-order chi connectivity index (χ1) is 7.06. The van der Waals surface area contributed by atoms with Crippen LogP contribution in [0.25, 0.3) is 0 Å². The van der Waals surface area contributed by atoms with E-state index in [2.05, 4.69) is 15.9 Å². The molecule has 0 aromatic heterocycles. The van der Waals surface area contributed by atoms with Crippen molar-refractivity contribution in [3.05, 3.63) is 34.3 Å². The molecule has 0 aliphatic rings. The van der Waals surface area contributed by atoms with Gasteiger partial charge in [0.15, 0.2) is 0 Å². The molecule has 0 aliphatic carbocycles. The fourth-order valence-corrected chi connectivity index (χ4v) is 1.32. The zero-order valence-corrected chi connectivity index (χ0v) is 10.2. The van der Waals surface area contributed by atoms with Crippen LogP contribution in [0.3, 0.4) is 0 Å². The molecule has 1 unspecified atom stereocenters. The molecule has 0 fully saturated rings. The van der Waals surface area contributed by atoms with Gasteiger partial charge in [-0.05, 0) is 31.2 Å². The molecule has 4 heteroatoms. The van der Waals surface area contributed by atoms with Gasteiger partial charge in [0.2, 0.25) is 0 Å². The summed E-state index contributed by atoms with van der Waals surface area (Å²) in [6.45, 7) is 1.69. The smallest absolute Gasteiger partial charge is 0.254 e. The highest BCUT2D eigenvalue weighted by molar-refractivity contribution is 9.10. The van der Waals surface area contributed by atoms with E-state index in [0.29, 0.717) is 5.56 Å². The lowest BCUT2D eigenvalue weighted by Gasteiger charge is -2.19. The maximum atomic E-state index is 11.8. The average molecular weight is 267 g/mol. The summed E-state index contributed by atoms with van der Waals surface area (Å²) in [5.74, 6) is -0.142. The number of benzene rings is 1. The molecule has 0 bridgehead atoms. The Morgan fingerprint density at radius 3 is 2.47 bits per heavy atom. The zero-order chi connectivity index (χ0) is 11.4. The molecule has 0 saturated heterocycles. The van der Waals surface area contributed by atoms with Crippen molar-refractivity contribution < 1.29 is 4.79 Å². The van der Waals surface area contributed by atoms with Crippen LogP contribution in [0.2, 0.25) is 0 Å². The van der Waals surface area contributed by atoms with Crippen LogP contribution in [0.15, 0.2) is 28.7 Å². The Balaban J connectivity index is 2.86. The second-order valence-corrected chi connectivity index (χ2v) is 4.14. The Morgan fingerprint density at radius 1 is 1.47 bits per heavy atom. The lowest BCUT2D eigenvalue weighted by Crippen LogP contribution is -2.33. The van der Waals surface area contributed by atoms with E-state index in [0.717, 1.165) is 4.47 Å². The molecule has 0 spiro atoms. The first kappa shape index (κ1) is 11.7. The summed E-state index contributed by atoms with van der Waals surface area (Å²) in [6.07, 6.45) is 0. The third-order valence-electron chi connectivity index (χ3n) is 2.18. The average Bonchev–Trinajstić information content (AvgIpc) is 2.27. The van der Waals surface area contributed by atoms with Crippen LogP contribution in [0, 0.1) is 11.3 Å². The summed E-state index contributed by atoms with van der Waals surface area (Å²) in [4.78, 5) is 13.2. The van der Waals surface area contributed by atoms with E-state index in [1.54, 1.807) is 38.2 Å². The Morgan fingerprint density at radius 2 is 2.00 bits per heavy atom. The van der Waals surface area contributed by atoms with Crippen molar-refractivity contribution >= 4 is 21.8 Å². The maximum absolute atomic E-state index is 11.8. The van der Waals surface area contributed by atoms with Crippen molar-refractivity contribution in [1.29, 1.82) is 5.26 Å². The lowest BCUT2D eigenvalue weighted by molar-refractivity contribution is 0.0773. The van der Waals surface area contributed by atoms with Gasteiger partial charge >= 0.3 is 0 Å². The number of amides is 1. The van der Waals surface area contributed by atoms with Gasteiger partial charge < -0.3 is 4.90 Å². The van der Waals surface area contributed by atoms with Crippen LogP contribution in [0.5, 0.6) is 0 Å². The van der Waals surface area contributed by atoms with Crippen LogP contribution in [-0.4, -0.2) is 23.9 Å². The van der Waals surface area contributed by atoms with Gasteiger partial charge in [-0.3, -0.25) is 4.79 Å². The number of hydrogen-bond acceptors (Lipinski definition) is 2. The highest BCUT2D eigenvalue weighted by Gasteiger charge is 2.16. The van der Waals surface area contributed by atoms with Gasteiger partial charge in [0.05, 0.1) is 6.07 Å². The Bertz CT molecular complexity index is 394. The molecule has 1 aromatic carbocycles. The molecule has 0 radical (unpaired) electrons. The molecule has 78 valence electrons. The summed E-state index contributed by atoms with van der Waals surface area (Å²) in [5, 5.41) is 8.69. The third kappa shape index (κ3) is 2.80. The fourth-order valence-electron chi connectivity index (χ4n) is 1.06. The zero-order valence-electron chi connectivity index (χ0n) is 8.57. The monoisotopic (exact) mass is 266 g/mol. The second kappa shape index (κ2) is 4.94. The van der Waals surface area contributed by atoms with Crippen LogP contribution in [0.1, 0.15) is 17.3 Å². The molecular weight excluding hydrogens is 256 g/mol. The predicted octanol–water partition coefficient (Wildman–Crippen LogP) is 2.43. The number of nitriles is 1. The number of nitrogens with zero attached hydrogens (tertiary/aromatic N) is 2. The molecule has 1 atom stereocenters. The molecule has 1 rings (SSSR count). The van der Waals surface area contributed by atoms with E-state index < -0.39 is 6.04 Å². The normalized spacial score (nSPS) is 11.6. The largest absolute Gasteiger partial charge is 0.326 e. The summed E-state index contributed by atoms with van der Waals surface area (Å²) in [5.41, 5.74) is 0.586. The first-order valence-electron chi connectivity index (χ1n) is 4.48. The topological polar surface area (TPSA) is 44.1 Å². The van der Waals surface area contributed by atoms with Gasteiger partial charge in [-0.15, -0.1) is 0 Å². The fraction of sp³-hybridized carbons (Fsp3) is 0.273. The Hall–Kier alpha value is -1.34. The summed E-state index contributed by atoms with van der Waals surface area (Å²) in [6, 6.07) is 8.67. The van der Waals surface area contributed by atoms with Gasteiger partial charge in [-0.25, -0.2) is 0 Å². The second-order valence-electron chi connectivity index (χ2n) is 3.23. The first-order valence-corrected chi connectivity index (χ1v) is 5.28. The molecule has 15 heavy (non-hydrogen) atoms. The minimum absolute atomic E-state index is 0.142. The number of carbonyl (C=O) groups is 1. The van der Waals surface area contributed by atoms with E-state index in [4.69, 9.17) is 5.26 Å².